The third kappa shape index (κ3) is 1.51. The average molecular weight is 283 g/mol. The molecule has 5 nitrogen and oxygen atoms in total. The monoisotopic (exact) mass is 282 g/mol. The van der Waals surface area contributed by atoms with Crippen LogP contribution in [0.1, 0.15) is 5.56 Å². The number of nitrogens with zero attached hydrogens (tertiary/aromatic N) is 1. The molecule has 0 fully saturated rings. The first-order valence-electron chi connectivity index (χ1n) is 4.47. The molecule has 1 aromatic heterocycles. The van der Waals surface area contributed by atoms with Crippen molar-refractivity contribution in [1.29, 1.82) is 0 Å². The summed E-state index contributed by atoms with van der Waals surface area (Å²) < 4.78 is 0.630. The second-order valence-corrected chi connectivity index (χ2v) is 4.23. The summed E-state index contributed by atoms with van der Waals surface area (Å²) in [6, 6.07) is 2.87. The van der Waals surface area contributed by atoms with Gasteiger partial charge in [-0.3, -0.25) is 14.9 Å². The first-order valence-corrected chi connectivity index (χ1v) is 5.26. The maximum absolute atomic E-state index is 11.9. The molecular weight excluding hydrogens is 276 g/mol. The van der Waals surface area contributed by atoms with E-state index in [1.165, 1.54) is 6.07 Å². The molecule has 0 saturated heterocycles. The molecular formula is C10H7BrN2O3. The third-order valence-electron chi connectivity index (χ3n) is 2.35. The van der Waals surface area contributed by atoms with Gasteiger partial charge in [-0.1, -0.05) is 0 Å². The van der Waals surface area contributed by atoms with E-state index in [1.54, 1.807) is 19.2 Å². The minimum Gasteiger partial charge on any atom is -0.360 e. The SMILES string of the molecule is Cc1c[nH]c2c(Br)ccc([N+](=O)[O-])c2c1=O. The number of halogens is 1. The van der Waals surface area contributed by atoms with E-state index in [2.05, 4.69) is 20.9 Å². The normalized spacial score (nSPS) is 10.6. The molecule has 0 amide bonds. The van der Waals surface area contributed by atoms with Gasteiger partial charge in [-0.25, -0.2) is 0 Å². The first kappa shape index (κ1) is 10.8. The minimum absolute atomic E-state index is 0.111. The number of fused-ring (bicyclic) bond motifs is 1. The highest BCUT2D eigenvalue weighted by molar-refractivity contribution is 9.10. The van der Waals surface area contributed by atoms with Crippen molar-refractivity contribution < 1.29 is 4.92 Å². The largest absolute Gasteiger partial charge is 0.360 e. The summed E-state index contributed by atoms with van der Waals surface area (Å²) in [5, 5.41) is 10.9. The molecule has 0 aliphatic rings. The van der Waals surface area contributed by atoms with Crippen LogP contribution in [0.25, 0.3) is 10.9 Å². The van der Waals surface area contributed by atoms with Gasteiger partial charge in [-0.15, -0.1) is 0 Å². The number of rotatable bonds is 1. The highest BCUT2D eigenvalue weighted by Crippen LogP contribution is 2.27. The molecule has 1 heterocycles. The van der Waals surface area contributed by atoms with E-state index in [1.807, 2.05) is 0 Å². The summed E-state index contributed by atoms with van der Waals surface area (Å²) in [6.07, 6.45) is 1.54. The van der Waals surface area contributed by atoms with Crippen LogP contribution in [0.3, 0.4) is 0 Å². The van der Waals surface area contributed by atoms with E-state index in [0.29, 0.717) is 15.6 Å². The lowest BCUT2D eigenvalue weighted by molar-refractivity contribution is -0.383. The van der Waals surface area contributed by atoms with Crippen molar-refractivity contribution in [1.82, 2.24) is 4.98 Å². The van der Waals surface area contributed by atoms with E-state index < -0.39 is 4.92 Å². The van der Waals surface area contributed by atoms with E-state index in [9.17, 15) is 14.9 Å². The average Bonchev–Trinajstić information content (AvgIpc) is 2.23. The van der Waals surface area contributed by atoms with Crippen LogP contribution in [0, 0.1) is 17.0 Å². The van der Waals surface area contributed by atoms with Crippen molar-refractivity contribution in [2.75, 3.05) is 0 Å². The lowest BCUT2D eigenvalue weighted by Crippen LogP contribution is -2.08. The second kappa shape index (κ2) is 3.71. The summed E-state index contributed by atoms with van der Waals surface area (Å²) in [4.78, 5) is 25.0. The number of hydrogen-bond donors (Lipinski definition) is 1. The summed E-state index contributed by atoms with van der Waals surface area (Å²) >= 11 is 3.25. The number of nitrogens with one attached hydrogen (secondary N) is 1. The highest BCUT2D eigenvalue weighted by atomic mass is 79.9. The maximum Gasteiger partial charge on any atom is 0.282 e. The number of aromatic amines is 1. The van der Waals surface area contributed by atoms with Crippen LogP contribution in [-0.2, 0) is 0 Å². The molecule has 0 saturated carbocycles. The zero-order valence-corrected chi connectivity index (χ0v) is 9.87. The number of nitro groups is 1. The molecule has 2 aromatic rings. The first-order chi connectivity index (χ1) is 7.52. The van der Waals surface area contributed by atoms with E-state index >= 15 is 0 Å². The molecule has 0 aliphatic heterocycles. The molecule has 0 unspecified atom stereocenters. The van der Waals surface area contributed by atoms with Crippen molar-refractivity contribution in [3.63, 3.8) is 0 Å². The van der Waals surface area contributed by atoms with Crippen LogP contribution < -0.4 is 5.43 Å². The quantitative estimate of drug-likeness (QED) is 0.645. The van der Waals surface area contributed by atoms with Gasteiger partial charge in [0.1, 0.15) is 5.39 Å². The number of nitro benzene ring substituents is 1. The van der Waals surface area contributed by atoms with Crippen molar-refractivity contribution in [2.45, 2.75) is 6.92 Å². The highest BCUT2D eigenvalue weighted by Gasteiger charge is 2.17. The molecule has 16 heavy (non-hydrogen) atoms. The summed E-state index contributed by atoms with van der Waals surface area (Å²) in [5.41, 5.74) is 0.406. The fourth-order valence-corrected chi connectivity index (χ4v) is 1.98. The Hall–Kier alpha value is -1.69. The number of aromatic nitrogens is 1. The van der Waals surface area contributed by atoms with Crippen molar-refractivity contribution in [3.8, 4) is 0 Å². The molecule has 1 aromatic carbocycles. The predicted octanol–water partition coefficient (Wildman–Crippen LogP) is 2.51. The van der Waals surface area contributed by atoms with Crippen LogP contribution in [0.2, 0.25) is 0 Å². The summed E-state index contributed by atoms with van der Waals surface area (Å²) in [6.45, 7) is 1.61. The van der Waals surface area contributed by atoms with Gasteiger partial charge in [0.15, 0.2) is 5.43 Å². The van der Waals surface area contributed by atoms with E-state index in [0.717, 1.165) is 0 Å². The Kier molecular flexibility index (Phi) is 2.51. The molecule has 0 radical (unpaired) electrons. The standard InChI is InChI=1S/C10H7BrN2O3/c1-5-4-12-9-6(11)2-3-7(13(15)16)8(9)10(5)14/h2-4H,1H3,(H,12,14). The summed E-state index contributed by atoms with van der Waals surface area (Å²) in [5.74, 6) is 0. The molecule has 0 spiro atoms. The molecule has 1 N–H and O–H groups in total. The van der Waals surface area contributed by atoms with Crippen LogP contribution in [0.5, 0.6) is 0 Å². The number of pyridine rings is 1. The van der Waals surface area contributed by atoms with Crippen LogP contribution in [0.15, 0.2) is 27.6 Å². The number of benzene rings is 1. The molecule has 82 valence electrons. The Morgan fingerprint density at radius 3 is 2.75 bits per heavy atom. The Balaban J connectivity index is 3.06. The number of aryl methyl sites for hydroxylation is 1. The van der Waals surface area contributed by atoms with Crippen LogP contribution in [-0.4, -0.2) is 9.91 Å². The number of hydrogen-bond acceptors (Lipinski definition) is 3. The second-order valence-electron chi connectivity index (χ2n) is 3.37. The number of H-pyrrole nitrogens is 1. The summed E-state index contributed by atoms with van der Waals surface area (Å²) in [7, 11) is 0. The minimum atomic E-state index is -0.552. The van der Waals surface area contributed by atoms with Crippen LogP contribution in [0.4, 0.5) is 5.69 Å². The fraction of sp³-hybridized carbons (Fsp3) is 0.100. The smallest absolute Gasteiger partial charge is 0.282 e. The van der Waals surface area contributed by atoms with Gasteiger partial charge >= 0.3 is 0 Å². The van der Waals surface area contributed by atoms with Crippen molar-refractivity contribution >= 4 is 32.5 Å². The topological polar surface area (TPSA) is 76.0 Å². The lowest BCUT2D eigenvalue weighted by Gasteiger charge is -2.02. The van der Waals surface area contributed by atoms with Crippen molar-refractivity contribution in [2.24, 2.45) is 0 Å². The molecule has 2 rings (SSSR count). The maximum atomic E-state index is 11.9. The van der Waals surface area contributed by atoms with Crippen molar-refractivity contribution in [3.05, 3.63) is 48.7 Å². The van der Waals surface area contributed by atoms with Gasteiger partial charge in [-0.05, 0) is 28.9 Å². The molecule has 0 bridgehead atoms. The lowest BCUT2D eigenvalue weighted by atomic mass is 10.1. The van der Waals surface area contributed by atoms with Gasteiger partial charge < -0.3 is 4.98 Å². The Labute approximate surface area is 98.4 Å². The predicted molar refractivity (Wildman–Crippen MR) is 63.7 cm³/mol. The zero-order chi connectivity index (χ0) is 11.9. The molecule has 6 heteroatoms. The fourth-order valence-electron chi connectivity index (χ4n) is 1.53. The Bertz CT molecular complexity index is 648. The Morgan fingerprint density at radius 1 is 1.44 bits per heavy atom. The molecule has 0 aliphatic carbocycles. The van der Waals surface area contributed by atoms with Gasteiger partial charge in [0.2, 0.25) is 0 Å². The van der Waals surface area contributed by atoms with Crippen LogP contribution >= 0.6 is 15.9 Å². The van der Waals surface area contributed by atoms with Gasteiger partial charge in [0.25, 0.3) is 5.69 Å². The van der Waals surface area contributed by atoms with E-state index in [4.69, 9.17) is 0 Å². The van der Waals surface area contributed by atoms with Gasteiger partial charge in [0.05, 0.1) is 10.4 Å². The van der Waals surface area contributed by atoms with Gasteiger partial charge in [0, 0.05) is 22.3 Å². The number of non-ortho nitro benzene ring substituents is 1. The zero-order valence-electron chi connectivity index (χ0n) is 8.28. The Morgan fingerprint density at radius 2 is 2.12 bits per heavy atom. The van der Waals surface area contributed by atoms with E-state index in [-0.39, 0.29) is 16.5 Å². The van der Waals surface area contributed by atoms with Gasteiger partial charge in [-0.2, -0.15) is 0 Å². The third-order valence-corrected chi connectivity index (χ3v) is 3.01. The molecule has 0 atom stereocenters.